The Morgan fingerprint density at radius 2 is 2.11 bits per heavy atom. The van der Waals surface area contributed by atoms with Gasteiger partial charge in [-0.05, 0) is 6.42 Å². The first-order chi connectivity index (χ1) is 3.81. The molecular formula is C6H14ClNO. The molecule has 0 unspecified atom stereocenters. The van der Waals surface area contributed by atoms with E-state index in [-0.39, 0.29) is 24.7 Å². The molecule has 0 heterocycles. The number of hydrogen-bond donors (Lipinski definition) is 1. The van der Waals surface area contributed by atoms with E-state index in [4.69, 9.17) is 5.73 Å². The second kappa shape index (κ2) is 7.92. The average molecular weight is 152 g/mol. The van der Waals surface area contributed by atoms with Crippen LogP contribution in [0.4, 0.5) is 0 Å². The smallest absolute Gasteiger partial charge is 0.146 e. The van der Waals surface area contributed by atoms with Gasteiger partial charge in [-0.2, -0.15) is 0 Å². The van der Waals surface area contributed by atoms with E-state index in [0.29, 0.717) is 6.42 Å². The molecule has 0 rings (SSSR count). The number of halogens is 1. The van der Waals surface area contributed by atoms with E-state index in [2.05, 4.69) is 6.92 Å². The molecular weight excluding hydrogens is 138 g/mol. The molecule has 0 aromatic rings. The molecule has 3 heteroatoms. The molecule has 0 spiro atoms. The first-order valence-corrected chi connectivity index (χ1v) is 3.03. The van der Waals surface area contributed by atoms with E-state index >= 15 is 0 Å². The molecule has 0 aliphatic heterocycles. The maximum atomic E-state index is 10.4. The zero-order valence-electron chi connectivity index (χ0n) is 5.72. The third-order valence-corrected chi connectivity index (χ3v) is 1.04. The van der Waals surface area contributed by atoms with Crippen molar-refractivity contribution in [3.63, 3.8) is 0 Å². The fourth-order valence-electron chi connectivity index (χ4n) is 0.476. The van der Waals surface area contributed by atoms with Gasteiger partial charge < -0.3 is 5.73 Å². The van der Waals surface area contributed by atoms with Gasteiger partial charge in [-0.25, -0.2) is 0 Å². The van der Waals surface area contributed by atoms with Crippen molar-refractivity contribution in [1.82, 2.24) is 0 Å². The van der Waals surface area contributed by atoms with Gasteiger partial charge in [0.1, 0.15) is 5.78 Å². The SMILES string of the molecule is CCCCC(=O)CN.Cl. The molecule has 0 aromatic heterocycles. The molecule has 0 aliphatic rings. The average Bonchev–Trinajstić information content (AvgIpc) is 1.83. The fourth-order valence-corrected chi connectivity index (χ4v) is 0.476. The zero-order valence-corrected chi connectivity index (χ0v) is 6.54. The largest absolute Gasteiger partial charge is 0.324 e. The van der Waals surface area contributed by atoms with Crippen molar-refractivity contribution in [2.75, 3.05) is 6.54 Å². The first-order valence-electron chi connectivity index (χ1n) is 3.03. The van der Waals surface area contributed by atoms with Gasteiger partial charge in [-0.3, -0.25) is 4.79 Å². The van der Waals surface area contributed by atoms with E-state index in [9.17, 15) is 4.79 Å². The predicted molar refractivity (Wildman–Crippen MR) is 40.8 cm³/mol. The minimum Gasteiger partial charge on any atom is -0.324 e. The number of hydrogen-bond acceptors (Lipinski definition) is 2. The van der Waals surface area contributed by atoms with Crippen molar-refractivity contribution in [2.45, 2.75) is 26.2 Å². The van der Waals surface area contributed by atoms with Gasteiger partial charge in [0.25, 0.3) is 0 Å². The molecule has 0 saturated carbocycles. The molecule has 0 atom stereocenters. The van der Waals surface area contributed by atoms with E-state index < -0.39 is 0 Å². The van der Waals surface area contributed by atoms with Gasteiger partial charge in [0.2, 0.25) is 0 Å². The summed E-state index contributed by atoms with van der Waals surface area (Å²) in [6.07, 6.45) is 2.72. The van der Waals surface area contributed by atoms with Crippen molar-refractivity contribution in [1.29, 1.82) is 0 Å². The summed E-state index contributed by atoms with van der Waals surface area (Å²) in [7, 11) is 0. The monoisotopic (exact) mass is 151 g/mol. The van der Waals surface area contributed by atoms with Crippen molar-refractivity contribution in [2.24, 2.45) is 5.73 Å². The summed E-state index contributed by atoms with van der Waals surface area (Å²) in [6, 6.07) is 0. The lowest BCUT2D eigenvalue weighted by molar-refractivity contribution is -0.117. The van der Waals surface area contributed by atoms with Crippen LogP contribution in [0, 0.1) is 0 Å². The van der Waals surface area contributed by atoms with Gasteiger partial charge in [-0.15, -0.1) is 12.4 Å². The van der Waals surface area contributed by atoms with E-state index in [1.165, 1.54) is 0 Å². The molecule has 0 aliphatic carbocycles. The van der Waals surface area contributed by atoms with Crippen LogP contribution in [0.1, 0.15) is 26.2 Å². The van der Waals surface area contributed by atoms with Gasteiger partial charge >= 0.3 is 0 Å². The number of carbonyl (C=O) groups excluding carboxylic acids is 1. The highest BCUT2D eigenvalue weighted by atomic mass is 35.5. The fraction of sp³-hybridized carbons (Fsp3) is 0.833. The van der Waals surface area contributed by atoms with Gasteiger partial charge in [0.05, 0.1) is 6.54 Å². The summed E-state index contributed by atoms with van der Waals surface area (Å²) in [5.41, 5.74) is 5.06. The Balaban J connectivity index is 0. The summed E-state index contributed by atoms with van der Waals surface area (Å²) in [5.74, 6) is 0.173. The van der Waals surface area contributed by atoms with Crippen LogP contribution in [-0.2, 0) is 4.79 Å². The number of ketones is 1. The lowest BCUT2D eigenvalue weighted by Gasteiger charge is -1.91. The van der Waals surface area contributed by atoms with Crippen LogP contribution in [0.3, 0.4) is 0 Å². The third kappa shape index (κ3) is 7.92. The maximum Gasteiger partial charge on any atom is 0.146 e. The summed E-state index contributed by atoms with van der Waals surface area (Å²) in [4.78, 5) is 10.4. The molecule has 0 radical (unpaired) electrons. The number of unbranched alkanes of at least 4 members (excludes halogenated alkanes) is 1. The van der Waals surface area contributed by atoms with Crippen LogP contribution in [0.25, 0.3) is 0 Å². The van der Waals surface area contributed by atoms with Crippen LogP contribution in [0.5, 0.6) is 0 Å². The maximum absolute atomic E-state index is 10.4. The van der Waals surface area contributed by atoms with Crippen LogP contribution in [0.2, 0.25) is 0 Å². The Kier molecular flexibility index (Phi) is 10.3. The summed E-state index contributed by atoms with van der Waals surface area (Å²) in [6.45, 7) is 2.27. The third-order valence-electron chi connectivity index (χ3n) is 1.04. The van der Waals surface area contributed by atoms with Crippen LogP contribution >= 0.6 is 12.4 Å². The number of rotatable bonds is 4. The molecule has 0 bridgehead atoms. The summed E-state index contributed by atoms with van der Waals surface area (Å²) < 4.78 is 0. The molecule has 2 nitrogen and oxygen atoms in total. The standard InChI is InChI=1S/C6H13NO.ClH/c1-2-3-4-6(8)5-7;/h2-5,7H2,1H3;1H. The molecule has 0 amide bonds. The lowest BCUT2D eigenvalue weighted by Crippen LogP contribution is -2.12. The molecule has 0 fully saturated rings. The Bertz CT molecular complexity index is 75.5. The normalized spacial score (nSPS) is 8.22. The van der Waals surface area contributed by atoms with Gasteiger partial charge in [0, 0.05) is 6.42 Å². The van der Waals surface area contributed by atoms with E-state index in [0.717, 1.165) is 12.8 Å². The highest BCUT2D eigenvalue weighted by Gasteiger charge is 1.93. The Morgan fingerprint density at radius 3 is 2.44 bits per heavy atom. The van der Waals surface area contributed by atoms with Crippen LogP contribution < -0.4 is 5.73 Å². The molecule has 2 N–H and O–H groups in total. The highest BCUT2D eigenvalue weighted by molar-refractivity contribution is 5.85. The Morgan fingerprint density at radius 1 is 1.56 bits per heavy atom. The first kappa shape index (κ1) is 11.7. The molecule has 56 valence electrons. The minimum atomic E-state index is 0. The lowest BCUT2D eigenvalue weighted by atomic mass is 10.2. The topological polar surface area (TPSA) is 43.1 Å². The van der Waals surface area contributed by atoms with Gasteiger partial charge in [-0.1, -0.05) is 13.3 Å². The van der Waals surface area contributed by atoms with Crippen LogP contribution in [0.15, 0.2) is 0 Å². The summed E-state index contributed by atoms with van der Waals surface area (Å²) in [5, 5.41) is 0. The highest BCUT2D eigenvalue weighted by Crippen LogP contribution is 1.92. The summed E-state index contributed by atoms with van der Waals surface area (Å²) >= 11 is 0. The number of nitrogens with two attached hydrogens (primary N) is 1. The van der Waals surface area contributed by atoms with Crippen molar-refractivity contribution >= 4 is 18.2 Å². The molecule has 0 aromatic carbocycles. The van der Waals surface area contributed by atoms with Crippen molar-refractivity contribution in [3.05, 3.63) is 0 Å². The van der Waals surface area contributed by atoms with E-state index in [1.54, 1.807) is 0 Å². The molecule has 0 saturated heterocycles. The Hall–Kier alpha value is -0.0800. The van der Waals surface area contributed by atoms with Gasteiger partial charge in [0.15, 0.2) is 0 Å². The van der Waals surface area contributed by atoms with Crippen LogP contribution in [-0.4, -0.2) is 12.3 Å². The second-order valence-corrected chi connectivity index (χ2v) is 1.85. The number of Topliss-reactive ketones (excluding diaryl/α,β-unsaturated/α-hetero) is 1. The van der Waals surface area contributed by atoms with Crippen molar-refractivity contribution < 1.29 is 4.79 Å². The number of carbonyl (C=O) groups is 1. The second-order valence-electron chi connectivity index (χ2n) is 1.85. The minimum absolute atomic E-state index is 0. The van der Waals surface area contributed by atoms with E-state index in [1.807, 2.05) is 0 Å². The predicted octanol–water partition coefficient (Wildman–Crippen LogP) is 1.13. The molecule has 9 heavy (non-hydrogen) atoms. The quantitative estimate of drug-likeness (QED) is 0.655. The zero-order chi connectivity index (χ0) is 6.41. The Labute approximate surface area is 62.2 Å². The van der Waals surface area contributed by atoms with Crippen molar-refractivity contribution in [3.8, 4) is 0 Å².